The molecule has 0 spiro atoms. The molecule has 12 heteroatoms. The quantitative estimate of drug-likeness (QED) is 0.421. The van der Waals surface area contributed by atoms with E-state index in [9.17, 15) is 18.3 Å². The lowest BCUT2D eigenvalue weighted by Crippen LogP contribution is -2.32. The Morgan fingerprint density at radius 2 is 1.86 bits per heavy atom. The highest BCUT2D eigenvalue weighted by Gasteiger charge is 2.38. The van der Waals surface area contributed by atoms with Crippen molar-refractivity contribution in [2.45, 2.75) is 52.0 Å². The molecule has 4 aromatic rings. The number of benzene rings is 1. The third-order valence-electron chi connectivity index (χ3n) is 5.37. The van der Waals surface area contributed by atoms with Gasteiger partial charge in [0.25, 0.3) is 0 Å². The van der Waals surface area contributed by atoms with E-state index in [-0.39, 0.29) is 17.9 Å². The van der Waals surface area contributed by atoms with Crippen molar-refractivity contribution >= 4 is 5.65 Å². The third-order valence-corrected chi connectivity index (χ3v) is 5.37. The molecule has 0 fully saturated rings. The van der Waals surface area contributed by atoms with Gasteiger partial charge in [-0.1, -0.05) is 6.07 Å². The maximum absolute atomic E-state index is 13.1. The first-order valence-corrected chi connectivity index (χ1v) is 10.8. The zero-order chi connectivity index (χ0) is 25.5. The highest BCUT2D eigenvalue weighted by atomic mass is 19.4. The van der Waals surface area contributed by atoms with E-state index in [2.05, 4.69) is 20.2 Å². The van der Waals surface area contributed by atoms with Crippen molar-refractivity contribution in [2.75, 3.05) is 7.11 Å². The van der Waals surface area contributed by atoms with Gasteiger partial charge in [-0.25, -0.2) is 14.6 Å². The zero-order valence-corrected chi connectivity index (χ0v) is 19.8. The molecule has 0 amide bonds. The van der Waals surface area contributed by atoms with Gasteiger partial charge in [0.2, 0.25) is 5.88 Å². The van der Waals surface area contributed by atoms with Crippen LogP contribution in [0.5, 0.6) is 11.6 Å². The highest BCUT2D eigenvalue weighted by Crippen LogP contribution is 2.31. The van der Waals surface area contributed by atoms with E-state index < -0.39 is 17.9 Å². The molecule has 35 heavy (non-hydrogen) atoms. The molecule has 0 aliphatic rings. The highest BCUT2D eigenvalue weighted by molar-refractivity contribution is 5.53. The molecule has 186 valence electrons. The van der Waals surface area contributed by atoms with Crippen molar-refractivity contribution in [1.29, 1.82) is 0 Å². The Bertz CT molecular complexity index is 1360. The molecule has 0 saturated heterocycles. The molecule has 9 nitrogen and oxygen atoms in total. The number of fused-ring (bicyclic) bond motifs is 1. The molecule has 3 aromatic heterocycles. The Morgan fingerprint density at radius 1 is 1.11 bits per heavy atom. The summed E-state index contributed by atoms with van der Waals surface area (Å²) >= 11 is 0. The number of rotatable bonds is 7. The van der Waals surface area contributed by atoms with Gasteiger partial charge in [0.05, 0.1) is 12.7 Å². The SMILES string of the molecule is COc1cc(Cc2nc3c(C(C)(C)O)ccc(O[C@@H](C)C(F)(F)F)n3n2)ccc1-n1cnc(C)n1. The summed E-state index contributed by atoms with van der Waals surface area (Å²) in [6.07, 6.45) is -4.76. The van der Waals surface area contributed by atoms with Crippen molar-refractivity contribution in [3.05, 3.63) is 59.4 Å². The summed E-state index contributed by atoms with van der Waals surface area (Å²) in [7, 11) is 1.54. The summed E-state index contributed by atoms with van der Waals surface area (Å²) in [4.78, 5) is 8.63. The van der Waals surface area contributed by atoms with Crippen LogP contribution in [0.2, 0.25) is 0 Å². The van der Waals surface area contributed by atoms with Crippen LogP contribution in [0.1, 0.15) is 43.5 Å². The molecule has 0 radical (unpaired) electrons. The predicted molar refractivity (Wildman–Crippen MR) is 120 cm³/mol. The Labute approximate surface area is 199 Å². The van der Waals surface area contributed by atoms with Gasteiger partial charge in [-0.15, -0.1) is 5.10 Å². The van der Waals surface area contributed by atoms with Crippen molar-refractivity contribution in [1.82, 2.24) is 29.4 Å². The van der Waals surface area contributed by atoms with E-state index in [0.717, 1.165) is 12.5 Å². The number of hydrogen-bond donors (Lipinski definition) is 1. The number of nitrogens with zero attached hydrogens (tertiary/aromatic N) is 6. The first-order valence-electron chi connectivity index (χ1n) is 10.8. The number of pyridine rings is 1. The summed E-state index contributed by atoms with van der Waals surface area (Å²) < 4.78 is 52.7. The lowest BCUT2D eigenvalue weighted by atomic mass is 10.00. The lowest BCUT2D eigenvalue weighted by Gasteiger charge is -2.21. The minimum absolute atomic E-state index is 0.133. The molecule has 0 saturated carbocycles. The monoisotopic (exact) mass is 490 g/mol. The predicted octanol–water partition coefficient (Wildman–Crippen LogP) is 3.77. The van der Waals surface area contributed by atoms with Gasteiger partial charge >= 0.3 is 6.18 Å². The van der Waals surface area contributed by atoms with Crippen LogP contribution in [0.25, 0.3) is 11.3 Å². The summed E-state index contributed by atoms with van der Waals surface area (Å²) in [6.45, 7) is 5.82. The molecular formula is C23H25F3N6O3. The van der Waals surface area contributed by atoms with Crippen LogP contribution in [0.4, 0.5) is 13.2 Å². The minimum atomic E-state index is -4.55. The van der Waals surface area contributed by atoms with E-state index in [1.54, 1.807) is 37.8 Å². The normalized spacial score (nSPS) is 13.3. The van der Waals surface area contributed by atoms with E-state index in [1.807, 2.05) is 12.1 Å². The van der Waals surface area contributed by atoms with Gasteiger partial charge in [0.1, 0.15) is 23.6 Å². The van der Waals surface area contributed by atoms with Crippen LogP contribution in [-0.2, 0) is 12.0 Å². The second kappa shape index (κ2) is 8.84. The average molecular weight is 490 g/mol. The van der Waals surface area contributed by atoms with Crippen molar-refractivity contribution in [3.63, 3.8) is 0 Å². The van der Waals surface area contributed by atoms with Crippen LogP contribution in [0.15, 0.2) is 36.7 Å². The number of aromatic nitrogens is 6. The maximum Gasteiger partial charge on any atom is 0.425 e. The second-order valence-corrected chi connectivity index (χ2v) is 8.63. The molecule has 0 unspecified atom stereocenters. The Hall–Kier alpha value is -3.67. The van der Waals surface area contributed by atoms with Crippen LogP contribution in [0.3, 0.4) is 0 Å². The summed E-state index contributed by atoms with van der Waals surface area (Å²) in [5.41, 5.74) is 0.801. The summed E-state index contributed by atoms with van der Waals surface area (Å²) in [6, 6.07) is 8.31. The third kappa shape index (κ3) is 5.06. The zero-order valence-electron chi connectivity index (χ0n) is 19.8. The number of alkyl halides is 3. The lowest BCUT2D eigenvalue weighted by molar-refractivity contribution is -0.190. The largest absolute Gasteiger partial charge is 0.494 e. The topological polar surface area (TPSA) is 99.6 Å². The molecule has 3 heterocycles. The van der Waals surface area contributed by atoms with Gasteiger partial charge in [-0.3, -0.25) is 0 Å². The first kappa shape index (κ1) is 24.5. The van der Waals surface area contributed by atoms with E-state index >= 15 is 0 Å². The average Bonchev–Trinajstić information content (AvgIpc) is 3.38. The summed E-state index contributed by atoms with van der Waals surface area (Å²) in [5, 5.41) is 19.3. The number of halogens is 3. The van der Waals surface area contributed by atoms with Gasteiger partial charge in [0.15, 0.2) is 17.6 Å². The van der Waals surface area contributed by atoms with Gasteiger partial charge < -0.3 is 14.6 Å². The number of ether oxygens (including phenoxy) is 2. The number of hydrogen-bond acceptors (Lipinski definition) is 7. The molecule has 1 atom stereocenters. The smallest absolute Gasteiger partial charge is 0.425 e. The minimum Gasteiger partial charge on any atom is -0.494 e. The van der Waals surface area contributed by atoms with Crippen molar-refractivity contribution in [2.24, 2.45) is 0 Å². The fourth-order valence-electron chi connectivity index (χ4n) is 3.54. The van der Waals surface area contributed by atoms with Gasteiger partial charge in [-0.2, -0.15) is 22.8 Å². The van der Waals surface area contributed by atoms with Gasteiger partial charge in [0, 0.05) is 18.1 Å². The van der Waals surface area contributed by atoms with Crippen molar-refractivity contribution < 1.29 is 27.8 Å². The molecule has 0 aliphatic carbocycles. The summed E-state index contributed by atoms with van der Waals surface area (Å²) in [5.74, 6) is 1.37. The Balaban J connectivity index is 1.72. The van der Waals surface area contributed by atoms with Crippen LogP contribution < -0.4 is 9.47 Å². The maximum atomic E-state index is 13.1. The van der Waals surface area contributed by atoms with E-state index in [0.29, 0.717) is 28.6 Å². The van der Waals surface area contributed by atoms with Crippen molar-refractivity contribution in [3.8, 4) is 17.3 Å². The van der Waals surface area contributed by atoms with Crippen LogP contribution in [0, 0.1) is 6.92 Å². The molecule has 0 bridgehead atoms. The van der Waals surface area contributed by atoms with Crippen LogP contribution in [-0.4, -0.2) is 53.9 Å². The first-order chi connectivity index (χ1) is 16.4. The fourth-order valence-corrected chi connectivity index (χ4v) is 3.54. The molecular weight excluding hydrogens is 465 g/mol. The van der Waals surface area contributed by atoms with Crippen LogP contribution >= 0.6 is 0 Å². The Kier molecular flexibility index (Phi) is 6.18. The molecule has 1 aromatic carbocycles. The Morgan fingerprint density at radius 3 is 2.46 bits per heavy atom. The van der Waals surface area contributed by atoms with E-state index in [1.165, 1.54) is 23.8 Å². The standard InChI is InChI=1S/C23H25F3N6O3/c1-13(23(24,25)26)35-20-9-7-16(22(3,4)33)21-28-19(30-32(20)21)11-15-6-8-17(18(10-15)34-5)31-12-27-14(2)29-31/h6-10,12-13,33H,11H2,1-5H3/t13-/m0/s1. The fraction of sp³-hybridized carbons (Fsp3) is 0.391. The number of aryl methyl sites for hydroxylation is 1. The van der Waals surface area contributed by atoms with Gasteiger partial charge in [-0.05, 0) is 51.5 Å². The second-order valence-electron chi connectivity index (χ2n) is 8.63. The molecule has 0 aliphatic heterocycles. The molecule has 1 N–H and O–H groups in total. The van der Waals surface area contributed by atoms with E-state index in [4.69, 9.17) is 9.47 Å². The number of aliphatic hydroxyl groups is 1. The molecule has 4 rings (SSSR count). The number of methoxy groups -OCH3 is 1.